The Morgan fingerprint density at radius 2 is 2.06 bits per heavy atom. The van der Waals surface area contributed by atoms with Crippen molar-refractivity contribution in [2.75, 3.05) is 0 Å². The van der Waals surface area contributed by atoms with Crippen molar-refractivity contribution in [1.29, 1.82) is 0 Å². The third-order valence-electron chi connectivity index (χ3n) is 2.29. The molecule has 1 aromatic carbocycles. The summed E-state index contributed by atoms with van der Waals surface area (Å²) in [5.74, 6) is -0.656. The molecule has 16 heavy (non-hydrogen) atoms. The van der Waals surface area contributed by atoms with Crippen molar-refractivity contribution in [3.8, 4) is 5.75 Å². The summed E-state index contributed by atoms with van der Waals surface area (Å²) in [4.78, 5) is 10.5. The Hall–Kier alpha value is -1.77. The smallest absolute Gasteiger partial charge is 0.307 e. The fourth-order valence-electron chi connectivity index (χ4n) is 1.57. The second kappa shape index (κ2) is 5.95. The van der Waals surface area contributed by atoms with Gasteiger partial charge < -0.3 is 10.2 Å². The fraction of sp³-hybridized carbons (Fsp3) is 0.308. The number of hydrogen-bond acceptors (Lipinski definition) is 2. The molecule has 3 nitrogen and oxygen atoms in total. The molecule has 0 aliphatic carbocycles. The molecule has 0 unspecified atom stereocenters. The van der Waals surface area contributed by atoms with Crippen LogP contribution >= 0.6 is 0 Å². The Morgan fingerprint density at radius 1 is 1.38 bits per heavy atom. The number of rotatable bonds is 5. The summed E-state index contributed by atoms with van der Waals surface area (Å²) in [6, 6.07) is 7.00. The minimum atomic E-state index is -0.857. The van der Waals surface area contributed by atoms with Crippen molar-refractivity contribution >= 4 is 11.5 Å². The van der Waals surface area contributed by atoms with Crippen LogP contribution in [-0.2, 0) is 4.79 Å². The Labute approximate surface area is 95.0 Å². The number of benzene rings is 1. The number of para-hydroxylation sites is 1. The monoisotopic (exact) mass is 220 g/mol. The first-order valence-corrected chi connectivity index (χ1v) is 5.34. The van der Waals surface area contributed by atoms with Gasteiger partial charge in [-0.15, -0.1) is 0 Å². The Bertz CT molecular complexity index is 394. The molecule has 0 saturated carbocycles. The molecule has 1 rings (SSSR count). The van der Waals surface area contributed by atoms with Crippen LogP contribution in [0, 0.1) is 0 Å². The highest BCUT2D eigenvalue weighted by atomic mass is 16.4. The highest BCUT2D eigenvalue weighted by Gasteiger charge is 2.06. The van der Waals surface area contributed by atoms with E-state index in [2.05, 4.69) is 0 Å². The van der Waals surface area contributed by atoms with E-state index in [1.807, 2.05) is 13.0 Å². The van der Waals surface area contributed by atoms with Gasteiger partial charge in [0.25, 0.3) is 0 Å². The lowest BCUT2D eigenvalue weighted by Gasteiger charge is -2.08. The lowest BCUT2D eigenvalue weighted by molar-refractivity contribution is -0.135. The summed E-state index contributed by atoms with van der Waals surface area (Å²) in [7, 11) is 0. The summed E-state index contributed by atoms with van der Waals surface area (Å²) in [5.41, 5.74) is 1.62. The van der Waals surface area contributed by atoms with Crippen LogP contribution in [0.5, 0.6) is 5.75 Å². The zero-order valence-electron chi connectivity index (χ0n) is 9.31. The zero-order chi connectivity index (χ0) is 12.0. The first-order chi connectivity index (χ1) is 7.65. The summed E-state index contributed by atoms with van der Waals surface area (Å²) >= 11 is 0. The van der Waals surface area contributed by atoms with E-state index in [1.165, 1.54) is 0 Å². The van der Waals surface area contributed by atoms with E-state index in [-0.39, 0.29) is 12.2 Å². The van der Waals surface area contributed by atoms with Crippen LogP contribution < -0.4 is 0 Å². The molecule has 0 aliphatic heterocycles. The van der Waals surface area contributed by atoms with Crippen molar-refractivity contribution in [2.45, 2.75) is 26.2 Å². The Morgan fingerprint density at radius 3 is 2.62 bits per heavy atom. The van der Waals surface area contributed by atoms with Crippen LogP contribution in [0.1, 0.15) is 31.7 Å². The van der Waals surface area contributed by atoms with Crippen molar-refractivity contribution in [3.63, 3.8) is 0 Å². The molecular weight excluding hydrogens is 204 g/mol. The average Bonchev–Trinajstić information content (AvgIpc) is 2.25. The van der Waals surface area contributed by atoms with Gasteiger partial charge in [0, 0.05) is 5.56 Å². The van der Waals surface area contributed by atoms with E-state index in [0.29, 0.717) is 0 Å². The second-order valence-corrected chi connectivity index (χ2v) is 3.59. The number of carbonyl (C=O) groups is 1. The summed E-state index contributed by atoms with van der Waals surface area (Å²) in [5, 5.41) is 18.3. The van der Waals surface area contributed by atoms with E-state index in [4.69, 9.17) is 5.11 Å². The van der Waals surface area contributed by atoms with Crippen LogP contribution in [0.3, 0.4) is 0 Å². The van der Waals surface area contributed by atoms with E-state index < -0.39 is 5.97 Å². The third kappa shape index (κ3) is 3.42. The maximum absolute atomic E-state index is 10.5. The predicted octanol–water partition coefficient (Wildman–Crippen LogP) is 3.05. The van der Waals surface area contributed by atoms with E-state index in [0.717, 1.165) is 24.0 Å². The highest BCUT2D eigenvalue weighted by Crippen LogP contribution is 2.28. The summed E-state index contributed by atoms with van der Waals surface area (Å²) < 4.78 is 0. The van der Waals surface area contributed by atoms with Gasteiger partial charge in [0.1, 0.15) is 5.75 Å². The van der Waals surface area contributed by atoms with Gasteiger partial charge in [-0.1, -0.05) is 37.6 Å². The molecule has 0 aromatic heterocycles. The van der Waals surface area contributed by atoms with Crippen LogP contribution in [0.15, 0.2) is 30.3 Å². The van der Waals surface area contributed by atoms with Gasteiger partial charge in [-0.2, -0.15) is 0 Å². The number of carboxylic acids is 1. The van der Waals surface area contributed by atoms with Gasteiger partial charge in [0.05, 0.1) is 6.42 Å². The van der Waals surface area contributed by atoms with E-state index in [9.17, 15) is 9.90 Å². The second-order valence-electron chi connectivity index (χ2n) is 3.59. The van der Waals surface area contributed by atoms with Gasteiger partial charge in [-0.05, 0) is 18.1 Å². The van der Waals surface area contributed by atoms with Gasteiger partial charge in [0.2, 0.25) is 0 Å². The molecule has 86 valence electrons. The Kier molecular flexibility index (Phi) is 4.58. The van der Waals surface area contributed by atoms with Gasteiger partial charge >= 0.3 is 5.97 Å². The SMILES string of the molecule is CCC/C(=C\CC(=O)O)c1ccccc1O. The fourth-order valence-corrected chi connectivity index (χ4v) is 1.57. The standard InChI is InChI=1S/C13H16O3/c1-2-5-10(8-9-13(15)16)11-6-3-4-7-12(11)14/h3-4,6-8,14H,2,5,9H2,1H3,(H,15,16)/b10-8+. The third-order valence-corrected chi connectivity index (χ3v) is 2.29. The number of aliphatic carboxylic acids is 1. The number of carboxylic acid groups (broad SMARTS) is 1. The maximum atomic E-state index is 10.5. The van der Waals surface area contributed by atoms with Crippen LogP contribution in [0.2, 0.25) is 0 Å². The molecule has 0 spiro atoms. The number of aromatic hydroxyl groups is 1. The Balaban J connectivity index is 2.98. The van der Waals surface area contributed by atoms with Crippen LogP contribution in [0.4, 0.5) is 0 Å². The number of allylic oxidation sites excluding steroid dienone is 1. The number of phenols is 1. The molecule has 0 saturated heterocycles. The summed E-state index contributed by atoms with van der Waals surface area (Å²) in [6.45, 7) is 2.02. The maximum Gasteiger partial charge on any atom is 0.307 e. The molecule has 0 radical (unpaired) electrons. The first kappa shape index (κ1) is 12.3. The first-order valence-electron chi connectivity index (χ1n) is 5.34. The molecule has 0 amide bonds. The van der Waals surface area contributed by atoms with Gasteiger partial charge in [-0.25, -0.2) is 0 Å². The molecule has 1 aromatic rings. The zero-order valence-corrected chi connectivity index (χ0v) is 9.31. The lowest BCUT2D eigenvalue weighted by Crippen LogP contribution is -1.93. The number of hydrogen-bond donors (Lipinski definition) is 2. The van der Waals surface area contributed by atoms with Crippen molar-refractivity contribution < 1.29 is 15.0 Å². The van der Waals surface area contributed by atoms with Crippen LogP contribution in [-0.4, -0.2) is 16.2 Å². The summed E-state index contributed by atoms with van der Waals surface area (Å²) in [6.07, 6.45) is 3.34. The molecule has 3 heteroatoms. The van der Waals surface area contributed by atoms with Gasteiger partial charge in [-0.3, -0.25) is 4.79 Å². The van der Waals surface area contributed by atoms with Crippen molar-refractivity contribution in [3.05, 3.63) is 35.9 Å². The lowest BCUT2D eigenvalue weighted by atomic mass is 9.99. The molecule has 0 aliphatic rings. The van der Waals surface area contributed by atoms with Gasteiger partial charge in [0.15, 0.2) is 0 Å². The highest BCUT2D eigenvalue weighted by molar-refractivity contribution is 5.76. The molecule has 0 bridgehead atoms. The molecule has 0 atom stereocenters. The number of phenolic OH excluding ortho intramolecular Hbond substituents is 1. The quantitative estimate of drug-likeness (QED) is 0.801. The van der Waals surface area contributed by atoms with E-state index in [1.54, 1.807) is 24.3 Å². The minimum Gasteiger partial charge on any atom is -0.507 e. The molecular formula is C13H16O3. The van der Waals surface area contributed by atoms with Crippen molar-refractivity contribution in [1.82, 2.24) is 0 Å². The normalized spacial score (nSPS) is 11.4. The molecule has 2 N–H and O–H groups in total. The molecule has 0 fully saturated rings. The predicted molar refractivity (Wildman–Crippen MR) is 63.2 cm³/mol. The molecule has 0 heterocycles. The average molecular weight is 220 g/mol. The topological polar surface area (TPSA) is 57.5 Å². The van der Waals surface area contributed by atoms with Crippen LogP contribution in [0.25, 0.3) is 5.57 Å². The van der Waals surface area contributed by atoms with E-state index >= 15 is 0 Å². The van der Waals surface area contributed by atoms with Crippen molar-refractivity contribution in [2.24, 2.45) is 0 Å². The largest absolute Gasteiger partial charge is 0.507 e. The minimum absolute atomic E-state index is 0.0103.